The van der Waals surface area contributed by atoms with Gasteiger partial charge >= 0.3 is 0 Å². The highest BCUT2D eigenvalue weighted by molar-refractivity contribution is 5.81. The highest BCUT2D eigenvalue weighted by Crippen LogP contribution is 2.23. The molecular formula is C18H28N2O. The van der Waals surface area contributed by atoms with E-state index >= 15 is 0 Å². The number of rotatable bonds is 5. The predicted octanol–water partition coefficient (Wildman–Crippen LogP) is 3.90. The Labute approximate surface area is 128 Å². The molecule has 1 amide bonds. The average molecular weight is 288 g/mol. The molecule has 2 rings (SSSR count). The molecule has 0 aromatic heterocycles. The van der Waals surface area contributed by atoms with Gasteiger partial charge in [-0.25, -0.2) is 0 Å². The van der Waals surface area contributed by atoms with Crippen LogP contribution < -0.4 is 5.32 Å². The van der Waals surface area contributed by atoms with E-state index in [1.165, 1.54) is 43.2 Å². The van der Waals surface area contributed by atoms with E-state index in [1.54, 1.807) is 0 Å². The molecule has 0 spiro atoms. The van der Waals surface area contributed by atoms with E-state index in [9.17, 15) is 4.79 Å². The van der Waals surface area contributed by atoms with Crippen molar-refractivity contribution < 1.29 is 4.79 Å². The molecule has 1 saturated carbocycles. The number of hydrogen-bond acceptors (Lipinski definition) is 2. The SMILES string of the molecule is CCN(C(=O)CNc1cccc(C)c1C)C1CCCCC1. The standard InChI is InChI=1S/C18H28N2O/c1-4-20(16-10-6-5-7-11-16)18(21)13-19-17-12-8-9-14(2)15(17)3/h8-9,12,16,19H,4-7,10-11,13H2,1-3H3. The highest BCUT2D eigenvalue weighted by atomic mass is 16.2. The van der Waals surface area contributed by atoms with Crippen LogP contribution in [0.15, 0.2) is 18.2 Å². The summed E-state index contributed by atoms with van der Waals surface area (Å²) in [5.41, 5.74) is 3.56. The lowest BCUT2D eigenvalue weighted by Gasteiger charge is -2.33. The molecule has 1 N–H and O–H groups in total. The maximum absolute atomic E-state index is 12.5. The minimum Gasteiger partial charge on any atom is -0.376 e. The van der Waals surface area contributed by atoms with E-state index in [2.05, 4.69) is 37.1 Å². The van der Waals surface area contributed by atoms with E-state index < -0.39 is 0 Å². The molecule has 21 heavy (non-hydrogen) atoms. The van der Waals surface area contributed by atoms with Gasteiger partial charge in [0.25, 0.3) is 0 Å². The molecule has 1 aromatic rings. The Bertz CT molecular complexity index is 478. The summed E-state index contributed by atoms with van der Waals surface area (Å²) in [6, 6.07) is 6.64. The highest BCUT2D eigenvalue weighted by Gasteiger charge is 2.23. The van der Waals surface area contributed by atoms with Crippen molar-refractivity contribution >= 4 is 11.6 Å². The van der Waals surface area contributed by atoms with Crippen LogP contribution in [0.3, 0.4) is 0 Å². The summed E-state index contributed by atoms with van der Waals surface area (Å²) in [5.74, 6) is 0.227. The number of carbonyl (C=O) groups is 1. The lowest BCUT2D eigenvalue weighted by Crippen LogP contribution is -2.44. The van der Waals surface area contributed by atoms with Crippen molar-refractivity contribution in [1.82, 2.24) is 4.90 Å². The van der Waals surface area contributed by atoms with Gasteiger partial charge in [0, 0.05) is 18.3 Å². The number of hydrogen-bond donors (Lipinski definition) is 1. The quantitative estimate of drug-likeness (QED) is 0.891. The van der Waals surface area contributed by atoms with Gasteiger partial charge in [-0.05, 0) is 50.8 Å². The number of amides is 1. The number of likely N-dealkylation sites (N-methyl/N-ethyl adjacent to an activating group) is 1. The van der Waals surface area contributed by atoms with Crippen LogP contribution in [0.25, 0.3) is 0 Å². The van der Waals surface area contributed by atoms with Gasteiger partial charge in [0.1, 0.15) is 0 Å². The van der Waals surface area contributed by atoms with Gasteiger partial charge < -0.3 is 10.2 Å². The van der Waals surface area contributed by atoms with Crippen molar-refractivity contribution in [2.24, 2.45) is 0 Å². The number of aryl methyl sites for hydroxylation is 1. The van der Waals surface area contributed by atoms with Gasteiger partial charge in [-0.3, -0.25) is 4.79 Å². The Hall–Kier alpha value is -1.51. The first-order valence-electron chi connectivity index (χ1n) is 8.23. The van der Waals surface area contributed by atoms with Gasteiger partial charge in [0.05, 0.1) is 6.54 Å². The molecule has 1 aliphatic carbocycles. The van der Waals surface area contributed by atoms with Crippen LogP contribution in [0.2, 0.25) is 0 Å². The zero-order valence-electron chi connectivity index (χ0n) is 13.6. The van der Waals surface area contributed by atoms with Crippen molar-refractivity contribution in [2.75, 3.05) is 18.4 Å². The molecule has 1 fully saturated rings. The van der Waals surface area contributed by atoms with Crippen molar-refractivity contribution in [2.45, 2.75) is 58.9 Å². The summed E-state index contributed by atoms with van der Waals surface area (Å²) in [6.07, 6.45) is 6.19. The second-order valence-corrected chi connectivity index (χ2v) is 6.07. The molecule has 0 saturated heterocycles. The maximum Gasteiger partial charge on any atom is 0.242 e. The van der Waals surface area contributed by atoms with E-state index in [0.29, 0.717) is 12.6 Å². The van der Waals surface area contributed by atoms with E-state index in [1.807, 2.05) is 12.1 Å². The van der Waals surface area contributed by atoms with Crippen molar-refractivity contribution in [3.63, 3.8) is 0 Å². The molecule has 1 aliphatic rings. The maximum atomic E-state index is 12.5. The molecule has 0 aliphatic heterocycles. The van der Waals surface area contributed by atoms with E-state index in [-0.39, 0.29) is 5.91 Å². The third-order valence-electron chi connectivity index (χ3n) is 4.71. The van der Waals surface area contributed by atoms with Crippen molar-refractivity contribution in [1.29, 1.82) is 0 Å². The Morgan fingerprint density at radius 2 is 1.95 bits per heavy atom. The van der Waals surface area contributed by atoms with Gasteiger partial charge in [-0.2, -0.15) is 0 Å². The lowest BCUT2D eigenvalue weighted by atomic mass is 9.94. The molecule has 0 atom stereocenters. The average Bonchev–Trinajstić information content (AvgIpc) is 2.50. The predicted molar refractivity (Wildman–Crippen MR) is 88.7 cm³/mol. The summed E-state index contributed by atoms with van der Waals surface area (Å²) >= 11 is 0. The minimum absolute atomic E-state index is 0.227. The van der Waals surface area contributed by atoms with Crippen LogP contribution in [0.5, 0.6) is 0 Å². The van der Waals surface area contributed by atoms with E-state index in [4.69, 9.17) is 0 Å². The third-order valence-corrected chi connectivity index (χ3v) is 4.71. The topological polar surface area (TPSA) is 32.3 Å². The van der Waals surface area contributed by atoms with E-state index in [0.717, 1.165) is 12.2 Å². The van der Waals surface area contributed by atoms with Crippen LogP contribution in [0.4, 0.5) is 5.69 Å². The zero-order valence-corrected chi connectivity index (χ0v) is 13.6. The Morgan fingerprint density at radius 1 is 1.24 bits per heavy atom. The first-order chi connectivity index (χ1) is 10.1. The third kappa shape index (κ3) is 3.99. The molecule has 0 unspecified atom stereocenters. The monoisotopic (exact) mass is 288 g/mol. The van der Waals surface area contributed by atoms with Crippen molar-refractivity contribution in [3.05, 3.63) is 29.3 Å². The molecule has 3 heteroatoms. The minimum atomic E-state index is 0.227. The molecule has 1 aromatic carbocycles. The number of nitrogens with zero attached hydrogens (tertiary/aromatic N) is 1. The first kappa shape index (κ1) is 15.9. The first-order valence-corrected chi connectivity index (χ1v) is 8.23. The van der Waals surface area contributed by atoms with Crippen LogP contribution >= 0.6 is 0 Å². The van der Waals surface area contributed by atoms with Crippen LogP contribution in [0, 0.1) is 13.8 Å². The fraction of sp³-hybridized carbons (Fsp3) is 0.611. The Morgan fingerprint density at radius 3 is 2.62 bits per heavy atom. The second-order valence-electron chi connectivity index (χ2n) is 6.07. The number of anilines is 1. The molecule has 0 heterocycles. The lowest BCUT2D eigenvalue weighted by molar-refractivity contribution is -0.132. The Balaban J connectivity index is 1.94. The summed E-state index contributed by atoms with van der Waals surface area (Å²) in [6.45, 7) is 7.50. The molecule has 3 nitrogen and oxygen atoms in total. The Kier molecular flexibility index (Phi) is 5.66. The summed E-state index contributed by atoms with van der Waals surface area (Å²) in [5, 5.41) is 3.32. The fourth-order valence-corrected chi connectivity index (χ4v) is 3.25. The second kappa shape index (κ2) is 7.48. The van der Waals surface area contributed by atoms with Gasteiger partial charge in [0.15, 0.2) is 0 Å². The van der Waals surface area contributed by atoms with Crippen LogP contribution in [0.1, 0.15) is 50.2 Å². The smallest absolute Gasteiger partial charge is 0.242 e. The van der Waals surface area contributed by atoms with Crippen LogP contribution in [-0.2, 0) is 4.79 Å². The number of carbonyl (C=O) groups excluding carboxylic acids is 1. The molecular weight excluding hydrogens is 260 g/mol. The summed E-state index contributed by atoms with van der Waals surface area (Å²) in [4.78, 5) is 14.6. The number of nitrogens with one attached hydrogen (secondary N) is 1. The van der Waals surface area contributed by atoms with Crippen molar-refractivity contribution in [3.8, 4) is 0 Å². The normalized spacial score (nSPS) is 15.8. The fourth-order valence-electron chi connectivity index (χ4n) is 3.25. The van der Waals surface area contributed by atoms with Gasteiger partial charge in [-0.1, -0.05) is 31.4 Å². The molecule has 116 valence electrons. The number of benzene rings is 1. The zero-order chi connectivity index (χ0) is 15.2. The van der Waals surface area contributed by atoms with Crippen LogP contribution in [-0.4, -0.2) is 29.9 Å². The summed E-state index contributed by atoms with van der Waals surface area (Å²) in [7, 11) is 0. The largest absolute Gasteiger partial charge is 0.376 e. The van der Waals surface area contributed by atoms with Gasteiger partial charge in [0.2, 0.25) is 5.91 Å². The van der Waals surface area contributed by atoms with Gasteiger partial charge in [-0.15, -0.1) is 0 Å². The molecule has 0 radical (unpaired) electrons. The summed E-state index contributed by atoms with van der Waals surface area (Å²) < 4.78 is 0. The molecule has 0 bridgehead atoms.